The largest absolute Gasteiger partial charge is 0.455 e. The molecule has 0 spiro atoms. The second-order valence-electron chi connectivity index (χ2n) is 13.0. The SMILES string of the molecule is [2H]c1c([2H])c([2H])c2c(-c3cccc4ccccc34)c3c([2H])c([2H])c([2H])c([2H])c3c(-c3ccc4cc(-c5cccc6c5oc5ccc7ccccc7c56)ccc4c3)c2c1[2H]. The molecule has 10 aromatic carbocycles. The lowest BCUT2D eigenvalue weighted by molar-refractivity contribution is 0.670. The van der Waals surface area contributed by atoms with Gasteiger partial charge in [0.15, 0.2) is 0 Å². The van der Waals surface area contributed by atoms with Crippen LogP contribution in [0.2, 0.25) is 0 Å². The molecule has 0 amide bonds. The lowest BCUT2D eigenvalue weighted by Crippen LogP contribution is -1.91. The summed E-state index contributed by atoms with van der Waals surface area (Å²) < 4.78 is 79.3. The first-order valence-corrected chi connectivity index (χ1v) is 16.9. The van der Waals surface area contributed by atoms with Crippen LogP contribution >= 0.6 is 0 Å². The van der Waals surface area contributed by atoms with Crippen LogP contribution in [0.15, 0.2) is 186 Å². The average molecular weight is 655 g/mol. The first kappa shape index (κ1) is 21.4. The van der Waals surface area contributed by atoms with E-state index in [1.54, 1.807) is 0 Å². The minimum atomic E-state index is -0.425. The Hall–Kier alpha value is -6.70. The zero-order valence-corrected chi connectivity index (χ0v) is 27.1. The van der Waals surface area contributed by atoms with Gasteiger partial charge in [0.05, 0.1) is 11.0 Å². The number of hydrogen-bond acceptors (Lipinski definition) is 1. The molecule has 51 heavy (non-hydrogen) atoms. The van der Waals surface area contributed by atoms with Crippen LogP contribution in [0, 0.1) is 0 Å². The van der Waals surface area contributed by atoms with Crippen LogP contribution < -0.4 is 0 Å². The summed E-state index contributed by atoms with van der Waals surface area (Å²) in [6.45, 7) is 0. The van der Waals surface area contributed by atoms with Gasteiger partial charge in [0.25, 0.3) is 0 Å². The summed E-state index contributed by atoms with van der Waals surface area (Å²) in [7, 11) is 0. The summed E-state index contributed by atoms with van der Waals surface area (Å²) in [6, 6.07) is 41.0. The predicted octanol–water partition coefficient (Wildman–Crippen LogP) is 14.4. The molecule has 0 bridgehead atoms. The standard InChI is InChI=1S/C50H30O/c1-3-14-37-31(11-1)13-9-21-40(37)48-43-18-7-5-16-41(43)47(42-17-6-8-19-44(42)48)36-26-24-33-29-35(25-23-34(33)30-36)39-20-10-22-45-49-38-15-4-2-12-32(38)27-28-46(49)51-50(39)45/h1-30H/i5D,6D,7D,8D,16D,17D,18D,19D. The van der Waals surface area contributed by atoms with Gasteiger partial charge in [-0.1, -0.05) is 164 Å². The van der Waals surface area contributed by atoms with Gasteiger partial charge in [-0.3, -0.25) is 0 Å². The van der Waals surface area contributed by atoms with Crippen molar-refractivity contribution in [3.05, 3.63) is 182 Å². The van der Waals surface area contributed by atoms with E-state index in [1.165, 1.54) is 0 Å². The Balaban J connectivity index is 1.20. The van der Waals surface area contributed by atoms with E-state index in [0.717, 1.165) is 65.4 Å². The van der Waals surface area contributed by atoms with E-state index in [9.17, 15) is 5.48 Å². The summed E-state index contributed by atoms with van der Waals surface area (Å²) in [6.07, 6.45) is 0. The first-order valence-electron chi connectivity index (χ1n) is 20.9. The van der Waals surface area contributed by atoms with Crippen molar-refractivity contribution < 1.29 is 15.4 Å². The number of fused-ring (bicyclic) bond motifs is 9. The van der Waals surface area contributed by atoms with Crippen molar-refractivity contribution in [1.29, 1.82) is 0 Å². The highest BCUT2D eigenvalue weighted by Crippen LogP contribution is 2.46. The Kier molecular flexibility index (Phi) is 4.57. The zero-order valence-electron chi connectivity index (χ0n) is 35.1. The van der Waals surface area contributed by atoms with E-state index in [4.69, 9.17) is 9.90 Å². The number of para-hydroxylation sites is 1. The smallest absolute Gasteiger partial charge is 0.143 e. The summed E-state index contributed by atoms with van der Waals surface area (Å²) in [5.41, 5.74) is 5.35. The lowest BCUT2D eigenvalue weighted by atomic mass is 9.84. The molecule has 0 aliphatic heterocycles. The monoisotopic (exact) mass is 654 g/mol. The van der Waals surface area contributed by atoms with E-state index in [-0.39, 0.29) is 45.7 Å². The third-order valence-electron chi connectivity index (χ3n) is 10.3. The van der Waals surface area contributed by atoms with E-state index in [0.29, 0.717) is 22.3 Å². The van der Waals surface area contributed by atoms with Crippen molar-refractivity contribution in [2.24, 2.45) is 0 Å². The van der Waals surface area contributed by atoms with Gasteiger partial charge in [-0.05, 0) is 99.9 Å². The highest BCUT2D eigenvalue weighted by molar-refractivity contribution is 6.24. The molecule has 0 saturated carbocycles. The second kappa shape index (κ2) is 10.9. The molecule has 0 N–H and O–H groups in total. The van der Waals surface area contributed by atoms with Gasteiger partial charge in [0.2, 0.25) is 0 Å². The van der Waals surface area contributed by atoms with E-state index in [1.807, 2.05) is 97.1 Å². The summed E-state index contributed by atoms with van der Waals surface area (Å²) >= 11 is 0. The Morgan fingerprint density at radius 3 is 1.65 bits per heavy atom. The molecule has 0 unspecified atom stereocenters. The topological polar surface area (TPSA) is 13.1 Å². The molecular formula is C50H30O. The second-order valence-corrected chi connectivity index (χ2v) is 13.0. The maximum atomic E-state index is 9.38. The van der Waals surface area contributed by atoms with Crippen molar-refractivity contribution in [2.75, 3.05) is 0 Å². The Morgan fingerprint density at radius 1 is 0.373 bits per heavy atom. The van der Waals surface area contributed by atoms with Crippen LogP contribution in [-0.2, 0) is 0 Å². The number of furan rings is 1. The van der Waals surface area contributed by atoms with Crippen LogP contribution in [0.5, 0.6) is 0 Å². The number of benzene rings is 10. The Bertz CT molecular complexity index is 3580. The molecule has 0 radical (unpaired) electrons. The maximum absolute atomic E-state index is 9.38. The van der Waals surface area contributed by atoms with Crippen LogP contribution in [0.1, 0.15) is 11.0 Å². The molecule has 11 aromatic rings. The van der Waals surface area contributed by atoms with Gasteiger partial charge in [0.1, 0.15) is 11.2 Å². The minimum absolute atomic E-state index is 0.191. The molecule has 11 rings (SSSR count). The molecule has 0 fully saturated rings. The Labute approximate surface area is 305 Å². The average Bonchev–Trinajstić information content (AvgIpc) is 3.67. The predicted molar refractivity (Wildman–Crippen MR) is 218 cm³/mol. The highest BCUT2D eigenvalue weighted by Gasteiger charge is 2.19. The zero-order chi connectivity index (χ0) is 40.4. The summed E-state index contributed by atoms with van der Waals surface area (Å²) in [5, 5.41) is 8.59. The van der Waals surface area contributed by atoms with Gasteiger partial charge in [-0.2, -0.15) is 0 Å². The molecule has 0 aliphatic carbocycles. The third-order valence-corrected chi connectivity index (χ3v) is 10.3. The fourth-order valence-electron chi connectivity index (χ4n) is 7.99. The molecule has 1 heterocycles. The van der Waals surface area contributed by atoms with E-state index in [2.05, 4.69) is 36.4 Å². The van der Waals surface area contributed by atoms with Crippen molar-refractivity contribution in [1.82, 2.24) is 0 Å². The van der Waals surface area contributed by atoms with E-state index >= 15 is 0 Å². The molecule has 236 valence electrons. The fraction of sp³-hybridized carbons (Fsp3) is 0. The summed E-state index contributed by atoms with van der Waals surface area (Å²) in [4.78, 5) is 0. The molecule has 1 aromatic heterocycles. The highest BCUT2D eigenvalue weighted by atomic mass is 16.3. The minimum Gasteiger partial charge on any atom is -0.455 e. The third kappa shape index (κ3) is 4.22. The van der Waals surface area contributed by atoms with E-state index < -0.39 is 24.2 Å². The van der Waals surface area contributed by atoms with Gasteiger partial charge in [-0.25, -0.2) is 0 Å². The maximum Gasteiger partial charge on any atom is 0.143 e. The van der Waals surface area contributed by atoms with Crippen LogP contribution in [-0.4, -0.2) is 0 Å². The van der Waals surface area contributed by atoms with Crippen molar-refractivity contribution in [2.45, 2.75) is 0 Å². The van der Waals surface area contributed by atoms with Crippen molar-refractivity contribution >= 4 is 75.8 Å². The number of rotatable bonds is 3. The van der Waals surface area contributed by atoms with Crippen LogP contribution in [0.4, 0.5) is 0 Å². The molecule has 1 nitrogen and oxygen atoms in total. The lowest BCUT2D eigenvalue weighted by Gasteiger charge is -2.19. The summed E-state index contributed by atoms with van der Waals surface area (Å²) in [5.74, 6) is 0. The molecule has 0 atom stereocenters. The molecule has 0 aliphatic rings. The first-order chi connectivity index (χ1) is 28.6. The molecule has 1 heteroatoms. The number of hydrogen-bond donors (Lipinski definition) is 0. The van der Waals surface area contributed by atoms with Gasteiger partial charge < -0.3 is 4.42 Å². The molecular weight excluding hydrogens is 617 g/mol. The fourth-order valence-corrected chi connectivity index (χ4v) is 7.99. The van der Waals surface area contributed by atoms with Gasteiger partial charge in [-0.15, -0.1) is 0 Å². The normalized spacial score (nSPS) is 14.1. The quantitative estimate of drug-likeness (QED) is 0.173. The van der Waals surface area contributed by atoms with Crippen LogP contribution in [0.3, 0.4) is 0 Å². The van der Waals surface area contributed by atoms with Crippen molar-refractivity contribution in [3.63, 3.8) is 0 Å². The Morgan fingerprint density at radius 2 is 0.902 bits per heavy atom. The molecule has 0 saturated heterocycles. The van der Waals surface area contributed by atoms with Gasteiger partial charge >= 0.3 is 0 Å². The van der Waals surface area contributed by atoms with Crippen molar-refractivity contribution in [3.8, 4) is 33.4 Å². The van der Waals surface area contributed by atoms with Crippen LogP contribution in [0.25, 0.3) is 109 Å². The van der Waals surface area contributed by atoms with Gasteiger partial charge in [0, 0.05) is 16.3 Å².